The van der Waals surface area contributed by atoms with Gasteiger partial charge in [0.2, 0.25) is 0 Å². The van der Waals surface area contributed by atoms with E-state index >= 15 is 0 Å². The fraction of sp³-hybridized carbons (Fsp3) is 0.273. The summed E-state index contributed by atoms with van der Waals surface area (Å²) in [4.78, 5) is 14.6. The molecule has 2 heterocycles. The SMILES string of the molecule is CCCOc1ccc(C2c3c(-c4cc(Cl)ccc4O)n[nH]c3C(=O)N2CCO)cc1. The Morgan fingerprint density at radius 3 is 2.70 bits per heavy atom. The van der Waals surface area contributed by atoms with Crippen molar-refractivity contribution in [1.29, 1.82) is 0 Å². The fourth-order valence-electron chi connectivity index (χ4n) is 3.75. The predicted octanol–water partition coefficient (Wildman–Crippen LogP) is 3.76. The zero-order valence-corrected chi connectivity index (χ0v) is 17.2. The lowest BCUT2D eigenvalue weighted by Crippen LogP contribution is -2.32. The maximum atomic E-state index is 13.0. The normalized spacial score (nSPS) is 15.5. The average molecular weight is 428 g/mol. The van der Waals surface area contributed by atoms with Gasteiger partial charge in [-0.25, -0.2) is 0 Å². The van der Waals surface area contributed by atoms with Crippen molar-refractivity contribution >= 4 is 17.5 Å². The van der Waals surface area contributed by atoms with Gasteiger partial charge in [0.1, 0.15) is 22.9 Å². The van der Waals surface area contributed by atoms with Crippen LogP contribution in [0.3, 0.4) is 0 Å². The summed E-state index contributed by atoms with van der Waals surface area (Å²) in [6.45, 7) is 2.66. The molecule has 1 aromatic heterocycles. The van der Waals surface area contributed by atoms with Gasteiger partial charge in [0.05, 0.1) is 19.3 Å². The maximum Gasteiger partial charge on any atom is 0.273 e. The molecule has 4 rings (SSSR count). The highest BCUT2D eigenvalue weighted by atomic mass is 35.5. The molecule has 1 atom stereocenters. The number of β-amino-alcohol motifs (C(OH)–C–C–N with tert-alkyl or cyclic N) is 1. The van der Waals surface area contributed by atoms with Crippen molar-refractivity contribution in [2.45, 2.75) is 19.4 Å². The topological polar surface area (TPSA) is 98.7 Å². The van der Waals surface area contributed by atoms with Crippen LogP contribution in [0, 0.1) is 0 Å². The zero-order valence-electron chi connectivity index (χ0n) is 16.4. The highest BCUT2D eigenvalue weighted by Gasteiger charge is 2.42. The molecule has 2 aromatic carbocycles. The molecule has 0 aliphatic carbocycles. The number of hydrogen-bond acceptors (Lipinski definition) is 5. The number of aromatic nitrogens is 2. The molecule has 0 fully saturated rings. The van der Waals surface area contributed by atoms with Gasteiger partial charge in [0, 0.05) is 22.7 Å². The number of benzene rings is 2. The first-order valence-corrected chi connectivity index (χ1v) is 10.1. The summed E-state index contributed by atoms with van der Waals surface area (Å²) in [5.41, 5.74) is 2.73. The first-order chi connectivity index (χ1) is 14.5. The number of ether oxygens (including phenoxy) is 1. The molecule has 0 spiro atoms. The van der Waals surface area contributed by atoms with Crippen LogP contribution in [0.25, 0.3) is 11.3 Å². The van der Waals surface area contributed by atoms with Gasteiger partial charge in [-0.3, -0.25) is 9.89 Å². The third-order valence-corrected chi connectivity index (χ3v) is 5.32. The van der Waals surface area contributed by atoms with Crippen LogP contribution in [-0.2, 0) is 0 Å². The molecule has 0 radical (unpaired) electrons. The molecular weight excluding hydrogens is 406 g/mol. The number of aromatic amines is 1. The molecule has 156 valence electrons. The van der Waals surface area contributed by atoms with E-state index in [2.05, 4.69) is 10.2 Å². The minimum atomic E-state index is -0.466. The largest absolute Gasteiger partial charge is 0.507 e. The predicted molar refractivity (Wildman–Crippen MR) is 113 cm³/mol. The van der Waals surface area contributed by atoms with Gasteiger partial charge in [-0.15, -0.1) is 0 Å². The maximum absolute atomic E-state index is 13.0. The van der Waals surface area contributed by atoms with E-state index in [4.69, 9.17) is 16.3 Å². The molecule has 1 aliphatic rings. The minimum Gasteiger partial charge on any atom is -0.507 e. The summed E-state index contributed by atoms with van der Waals surface area (Å²) < 4.78 is 5.66. The number of fused-ring (bicyclic) bond motifs is 1. The van der Waals surface area contributed by atoms with Gasteiger partial charge in [-0.1, -0.05) is 30.7 Å². The van der Waals surface area contributed by atoms with Crippen LogP contribution in [0.15, 0.2) is 42.5 Å². The van der Waals surface area contributed by atoms with Crippen molar-refractivity contribution in [3.05, 3.63) is 64.3 Å². The van der Waals surface area contributed by atoms with Gasteiger partial charge in [0.15, 0.2) is 0 Å². The summed E-state index contributed by atoms with van der Waals surface area (Å²) in [6, 6.07) is 11.8. The number of hydrogen-bond donors (Lipinski definition) is 3. The summed E-state index contributed by atoms with van der Waals surface area (Å²) in [6.07, 6.45) is 0.911. The Hall–Kier alpha value is -3.03. The van der Waals surface area contributed by atoms with Crippen molar-refractivity contribution in [3.8, 4) is 22.8 Å². The number of halogens is 1. The Labute approximate surface area is 178 Å². The average Bonchev–Trinajstić information content (AvgIpc) is 3.29. The third-order valence-electron chi connectivity index (χ3n) is 5.09. The van der Waals surface area contributed by atoms with E-state index in [1.54, 1.807) is 17.0 Å². The Bertz CT molecular complexity index is 1060. The van der Waals surface area contributed by atoms with Gasteiger partial charge in [-0.2, -0.15) is 5.10 Å². The Kier molecular flexibility index (Phi) is 5.65. The van der Waals surface area contributed by atoms with E-state index in [0.29, 0.717) is 34.1 Å². The quantitative estimate of drug-likeness (QED) is 0.533. The van der Waals surface area contributed by atoms with Crippen LogP contribution in [0.1, 0.15) is 41.0 Å². The number of H-pyrrole nitrogens is 1. The molecule has 1 unspecified atom stereocenters. The van der Waals surface area contributed by atoms with Gasteiger partial charge in [-0.05, 0) is 42.3 Å². The Morgan fingerprint density at radius 1 is 1.23 bits per heavy atom. The van der Waals surface area contributed by atoms with Crippen molar-refractivity contribution < 1.29 is 19.7 Å². The van der Waals surface area contributed by atoms with Crippen LogP contribution in [0.5, 0.6) is 11.5 Å². The molecular formula is C22H22ClN3O4. The van der Waals surface area contributed by atoms with Gasteiger partial charge < -0.3 is 19.8 Å². The first-order valence-electron chi connectivity index (χ1n) is 9.76. The number of aliphatic hydroxyl groups excluding tert-OH is 1. The van der Waals surface area contributed by atoms with E-state index in [9.17, 15) is 15.0 Å². The standard InChI is InChI=1S/C22H22ClN3O4/c1-2-11-30-15-6-3-13(4-7-15)21-18-19(16-12-14(23)5-8-17(16)28)24-25-20(18)22(29)26(21)9-10-27/h3-8,12,21,27-28H,2,9-11H2,1H3,(H,24,25). The number of aromatic hydroxyl groups is 1. The molecule has 3 aromatic rings. The van der Waals surface area contributed by atoms with Crippen molar-refractivity contribution in [2.75, 3.05) is 19.8 Å². The lowest BCUT2D eigenvalue weighted by Gasteiger charge is -2.25. The van der Waals surface area contributed by atoms with E-state index < -0.39 is 6.04 Å². The summed E-state index contributed by atoms with van der Waals surface area (Å²) in [7, 11) is 0. The summed E-state index contributed by atoms with van der Waals surface area (Å²) >= 11 is 6.13. The molecule has 0 saturated heterocycles. The first kappa shape index (κ1) is 20.3. The summed E-state index contributed by atoms with van der Waals surface area (Å²) in [5, 5.41) is 27.5. The molecule has 0 saturated carbocycles. The van der Waals surface area contributed by atoms with Crippen molar-refractivity contribution in [1.82, 2.24) is 15.1 Å². The molecule has 3 N–H and O–H groups in total. The van der Waals surface area contributed by atoms with Gasteiger partial charge in [0.25, 0.3) is 5.91 Å². The van der Waals surface area contributed by atoms with Crippen molar-refractivity contribution in [3.63, 3.8) is 0 Å². The smallest absolute Gasteiger partial charge is 0.273 e. The lowest BCUT2D eigenvalue weighted by molar-refractivity contribution is 0.0706. The van der Waals surface area contributed by atoms with Crippen LogP contribution >= 0.6 is 11.6 Å². The minimum absolute atomic E-state index is 0.0174. The molecule has 7 nitrogen and oxygen atoms in total. The Balaban J connectivity index is 1.81. The number of carbonyl (C=O) groups excluding carboxylic acids is 1. The number of aliphatic hydroxyl groups is 1. The number of nitrogens with zero attached hydrogens (tertiary/aromatic N) is 2. The van der Waals surface area contributed by atoms with E-state index in [-0.39, 0.29) is 24.8 Å². The van der Waals surface area contributed by atoms with Crippen LogP contribution < -0.4 is 4.74 Å². The van der Waals surface area contributed by atoms with E-state index in [1.807, 2.05) is 31.2 Å². The monoisotopic (exact) mass is 427 g/mol. The number of rotatable bonds is 7. The second kappa shape index (κ2) is 8.38. The Morgan fingerprint density at radius 2 is 2.00 bits per heavy atom. The number of carbonyl (C=O) groups is 1. The number of phenols is 1. The molecule has 1 aliphatic heterocycles. The zero-order chi connectivity index (χ0) is 21.3. The van der Waals surface area contributed by atoms with Crippen LogP contribution in [0.2, 0.25) is 5.02 Å². The fourth-order valence-corrected chi connectivity index (χ4v) is 3.92. The molecule has 8 heteroatoms. The molecule has 0 bridgehead atoms. The molecule has 1 amide bonds. The highest BCUT2D eigenvalue weighted by Crippen LogP contribution is 2.44. The third kappa shape index (κ3) is 3.51. The van der Waals surface area contributed by atoms with E-state index in [0.717, 1.165) is 17.7 Å². The van der Waals surface area contributed by atoms with Crippen molar-refractivity contribution in [2.24, 2.45) is 0 Å². The summed E-state index contributed by atoms with van der Waals surface area (Å²) in [5.74, 6) is 0.512. The lowest BCUT2D eigenvalue weighted by atomic mass is 9.95. The van der Waals surface area contributed by atoms with Crippen LogP contribution in [-0.4, -0.2) is 51.0 Å². The second-order valence-corrected chi connectivity index (χ2v) is 7.50. The number of phenolic OH excluding ortho intramolecular Hbond substituents is 1. The van der Waals surface area contributed by atoms with Crippen LogP contribution in [0.4, 0.5) is 0 Å². The molecule has 30 heavy (non-hydrogen) atoms. The van der Waals surface area contributed by atoms with E-state index in [1.165, 1.54) is 6.07 Å². The van der Waals surface area contributed by atoms with Gasteiger partial charge >= 0.3 is 0 Å². The highest BCUT2D eigenvalue weighted by molar-refractivity contribution is 6.31. The second-order valence-electron chi connectivity index (χ2n) is 7.06. The number of amides is 1. The number of nitrogens with one attached hydrogen (secondary N) is 1.